The number of halogens is 6. The molecular formula is C22H32F6O2. The van der Waals surface area contributed by atoms with E-state index >= 15 is 0 Å². The SMILES string of the molecule is CC1CCC(C(C)C)C(OCOC(CC2CC3C=CC2C3)(C(F)(F)F)C(F)(F)F)C1. The van der Waals surface area contributed by atoms with Gasteiger partial charge in [-0.1, -0.05) is 39.3 Å². The molecule has 0 aromatic carbocycles. The molecule has 0 radical (unpaired) electrons. The third kappa shape index (κ3) is 4.69. The Balaban J connectivity index is 1.74. The molecule has 6 unspecified atom stereocenters. The average molecular weight is 442 g/mol. The van der Waals surface area contributed by atoms with Gasteiger partial charge in [0.1, 0.15) is 6.79 Å². The Bertz CT molecular complexity index is 598. The number of fused-ring (bicyclic) bond motifs is 2. The minimum atomic E-state index is -5.57. The lowest BCUT2D eigenvalue weighted by atomic mass is 9.75. The number of ether oxygens (including phenoxy) is 2. The van der Waals surface area contributed by atoms with Gasteiger partial charge in [0.15, 0.2) is 0 Å². The van der Waals surface area contributed by atoms with E-state index in [9.17, 15) is 26.3 Å². The van der Waals surface area contributed by atoms with E-state index in [1.54, 1.807) is 6.08 Å². The first-order valence-electron chi connectivity index (χ1n) is 10.9. The summed E-state index contributed by atoms with van der Waals surface area (Å²) in [7, 11) is 0. The fraction of sp³-hybridized carbons (Fsp3) is 0.909. The van der Waals surface area contributed by atoms with Gasteiger partial charge in [-0.3, -0.25) is 0 Å². The largest absolute Gasteiger partial charge is 0.426 e. The fourth-order valence-electron chi connectivity index (χ4n) is 5.64. The molecule has 2 fully saturated rings. The first-order valence-corrected chi connectivity index (χ1v) is 10.9. The van der Waals surface area contributed by atoms with Crippen molar-refractivity contribution in [3.63, 3.8) is 0 Å². The molecule has 6 atom stereocenters. The van der Waals surface area contributed by atoms with Gasteiger partial charge < -0.3 is 9.47 Å². The standard InChI is InChI=1S/C22H32F6O2/c1-13(2)18-7-4-14(3)8-19(18)29-12-30-20(21(23,24)25,22(26,27)28)11-17-10-15-5-6-16(17)9-15/h5-6,13-19H,4,7-12H2,1-3H3. The van der Waals surface area contributed by atoms with Crippen LogP contribution in [0.3, 0.4) is 0 Å². The van der Waals surface area contributed by atoms with Crippen molar-refractivity contribution in [1.29, 1.82) is 0 Å². The van der Waals surface area contributed by atoms with Gasteiger partial charge in [0.05, 0.1) is 6.10 Å². The van der Waals surface area contributed by atoms with E-state index in [2.05, 4.69) is 0 Å². The molecule has 2 nitrogen and oxygen atoms in total. The minimum absolute atomic E-state index is 0.0749. The second kappa shape index (κ2) is 8.64. The van der Waals surface area contributed by atoms with Crippen molar-refractivity contribution >= 4 is 0 Å². The van der Waals surface area contributed by atoms with Crippen LogP contribution in [0.4, 0.5) is 26.3 Å². The van der Waals surface area contributed by atoms with Crippen molar-refractivity contribution in [2.45, 2.75) is 83.4 Å². The van der Waals surface area contributed by atoms with Gasteiger partial charge >= 0.3 is 12.4 Å². The monoisotopic (exact) mass is 442 g/mol. The molecule has 3 aliphatic rings. The Morgan fingerprint density at radius 2 is 1.60 bits per heavy atom. The molecule has 3 aliphatic carbocycles. The Morgan fingerprint density at radius 3 is 2.10 bits per heavy atom. The van der Waals surface area contributed by atoms with Crippen molar-refractivity contribution in [3.05, 3.63) is 12.2 Å². The Labute approximate surface area is 174 Å². The van der Waals surface area contributed by atoms with Gasteiger partial charge in [0.25, 0.3) is 5.60 Å². The van der Waals surface area contributed by atoms with Crippen molar-refractivity contribution in [1.82, 2.24) is 0 Å². The maximum atomic E-state index is 13.9. The topological polar surface area (TPSA) is 18.5 Å². The highest BCUT2D eigenvalue weighted by Crippen LogP contribution is 2.55. The number of allylic oxidation sites excluding steroid dienone is 2. The van der Waals surface area contributed by atoms with Gasteiger partial charge in [-0.25, -0.2) is 0 Å². The number of alkyl halides is 6. The van der Waals surface area contributed by atoms with E-state index in [1.807, 2.05) is 26.8 Å². The Kier molecular flexibility index (Phi) is 6.88. The van der Waals surface area contributed by atoms with Crippen LogP contribution in [-0.4, -0.2) is 30.9 Å². The van der Waals surface area contributed by atoms with Crippen molar-refractivity contribution in [2.24, 2.45) is 35.5 Å². The van der Waals surface area contributed by atoms with Crippen molar-refractivity contribution < 1.29 is 35.8 Å². The third-order valence-electron chi connectivity index (χ3n) is 7.43. The van der Waals surface area contributed by atoms with Crippen LogP contribution in [0, 0.1) is 35.5 Å². The Morgan fingerprint density at radius 1 is 0.933 bits per heavy atom. The van der Waals surface area contributed by atoms with E-state index in [0.717, 1.165) is 12.8 Å². The van der Waals surface area contributed by atoms with Crippen LogP contribution in [-0.2, 0) is 9.47 Å². The summed E-state index contributed by atoms with van der Waals surface area (Å²) in [6.07, 6.45) is -5.57. The summed E-state index contributed by atoms with van der Waals surface area (Å²) in [6, 6.07) is 0. The number of hydrogen-bond acceptors (Lipinski definition) is 2. The summed E-state index contributed by atoms with van der Waals surface area (Å²) in [5, 5.41) is 0. The Hall–Kier alpha value is -0.760. The van der Waals surface area contributed by atoms with Crippen molar-refractivity contribution in [3.8, 4) is 0 Å². The van der Waals surface area contributed by atoms with Gasteiger partial charge in [-0.05, 0) is 67.6 Å². The zero-order valence-corrected chi connectivity index (χ0v) is 17.7. The minimum Gasteiger partial charge on any atom is -0.352 e. The number of rotatable bonds is 7. The predicted octanol–water partition coefficient (Wildman–Crippen LogP) is 6.90. The summed E-state index contributed by atoms with van der Waals surface area (Å²) in [4.78, 5) is 0. The van der Waals surface area contributed by atoms with Crippen molar-refractivity contribution in [2.75, 3.05) is 6.79 Å². The molecule has 2 saturated carbocycles. The van der Waals surface area contributed by atoms with Crippen LogP contribution >= 0.6 is 0 Å². The van der Waals surface area contributed by atoms with Crippen LogP contribution in [0.5, 0.6) is 0 Å². The van der Waals surface area contributed by atoms with Gasteiger partial charge in [-0.15, -0.1) is 0 Å². The van der Waals surface area contributed by atoms with Crippen LogP contribution in [0.2, 0.25) is 0 Å². The second-order valence-corrected chi connectivity index (χ2v) is 9.86. The van der Waals surface area contributed by atoms with Crippen LogP contribution in [0.15, 0.2) is 12.2 Å². The summed E-state index contributed by atoms with van der Waals surface area (Å²) >= 11 is 0. The molecule has 8 heteroatoms. The van der Waals surface area contributed by atoms with E-state index in [0.29, 0.717) is 25.2 Å². The summed E-state index contributed by atoms with van der Waals surface area (Å²) in [5.74, 6) is -0.203. The fourth-order valence-corrected chi connectivity index (χ4v) is 5.64. The molecule has 0 spiro atoms. The van der Waals surface area contributed by atoms with E-state index in [4.69, 9.17) is 9.47 Å². The third-order valence-corrected chi connectivity index (χ3v) is 7.43. The molecule has 0 heterocycles. The molecule has 0 aliphatic heterocycles. The predicted molar refractivity (Wildman–Crippen MR) is 100 cm³/mol. The summed E-state index contributed by atoms with van der Waals surface area (Å²) in [6.45, 7) is 5.01. The first-order chi connectivity index (χ1) is 13.8. The first kappa shape index (κ1) is 23.9. The molecule has 174 valence electrons. The average Bonchev–Trinajstić information content (AvgIpc) is 3.21. The second-order valence-electron chi connectivity index (χ2n) is 9.86. The lowest BCUT2D eigenvalue weighted by Gasteiger charge is -2.41. The van der Waals surface area contributed by atoms with E-state index < -0.39 is 43.2 Å². The highest BCUT2D eigenvalue weighted by molar-refractivity contribution is 5.12. The molecule has 0 aromatic rings. The van der Waals surface area contributed by atoms with Crippen LogP contribution < -0.4 is 0 Å². The molecule has 2 bridgehead atoms. The maximum absolute atomic E-state index is 13.9. The van der Waals surface area contributed by atoms with Gasteiger partial charge in [-0.2, -0.15) is 26.3 Å². The summed E-state index contributed by atoms with van der Waals surface area (Å²) in [5.41, 5.74) is -4.20. The lowest BCUT2D eigenvalue weighted by Crippen LogP contribution is -2.60. The highest BCUT2D eigenvalue weighted by Gasteiger charge is 2.73. The molecule has 0 saturated heterocycles. The van der Waals surface area contributed by atoms with Crippen LogP contribution in [0.1, 0.15) is 59.3 Å². The highest BCUT2D eigenvalue weighted by atomic mass is 19.4. The molecule has 30 heavy (non-hydrogen) atoms. The molecule has 3 rings (SSSR count). The molecule has 0 N–H and O–H groups in total. The zero-order chi connectivity index (χ0) is 22.3. The number of hydrogen-bond donors (Lipinski definition) is 0. The molecule has 0 amide bonds. The molecule has 0 aromatic heterocycles. The quantitative estimate of drug-likeness (QED) is 0.242. The molecular weight excluding hydrogens is 410 g/mol. The van der Waals surface area contributed by atoms with E-state index in [1.165, 1.54) is 0 Å². The normalized spacial score (nSPS) is 34.9. The maximum Gasteiger partial charge on any atom is 0.426 e. The smallest absolute Gasteiger partial charge is 0.352 e. The van der Waals surface area contributed by atoms with Crippen LogP contribution in [0.25, 0.3) is 0 Å². The van der Waals surface area contributed by atoms with Gasteiger partial charge in [0, 0.05) is 0 Å². The van der Waals surface area contributed by atoms with E-state index in [-0.39, 0.29) is 23.7 Å². The lowest BCUT2D eigenvalue weighted by molar-refractivity contribution is -0.400. The summed E-state index contributed by atoms with van der Waals surface area (Å²) < 4.78 is 93.5. The zero-order valence-electron chi connectivity index (χ0n) is 17.7. The van der Waals surface area contributed by atoms with Gasteiger partial charge in [0.2, 0.25) is 0 Å².